The highest BCUT2D eigenvalue weighted by Crippen LogP contribution is 2.36. The minimum Gasteiger partial charge on any atom is -0.142 e. The first-order valence-corrected chi connectivity index (χ1v) is 6.86. The summed E-state index contributed by atoms with van der Waals surface area (Å²) in [5, 5.41) is 2.12. The summed E-state index contributed by atoms with van der Waals surface area (Å²) >= 11 is 13.2. The summed E-state index contributed by atoms with van der Waals surface area (Å²) in [4.78, 5) is 2.39. The summed E-state index contributed by atoms with van der Waals surface area (Å²) in [7, 11) is 0. The van der Waals surface area contributed by atoms with Crippen molar-refractivity contribution in [2.75, 3.05) is 0 Å². The van der Waals surface area contributed by atoms with E-state index < -0.39 is 0 Å². The van der Waals surface area contributed by atoms with Gasteiger partial charge in [-0.25, -0.2) is 0 Å². The fraction of sp³-hybridized carbons (Fsp3) is 0.111. The Morgan fingerprint density at radius 1 is 1.38 bits per heavy atom. The third kappa shape index (κ3) is 1.82. The summed E-state index contributed by atoms with van der Waals surface area (Å²) in [5.41, 5.74) is 0. The number of thiol groups is 1. The highest BCUT2D eigenvalue weighted by molar-refractivity contribution is 9.10. The molecule has 68 valence electrons. The number of hydrogen-bond donors (Lipinski definition) is 1. The molecule has 2 rings (SSSR count). The van der Waals surface area contributed by atoms with E-state index in [1.807, 2.05) is 6.07 Å². The minimum atomic E-state index is 0.878. The van der Waals surface area contributed by atoms with Crippen molar-refractivity contribution in [2.24, 2.45) is 0 Å². The van der Waals surface area contributed by atoms with Crippen LogP contribution in [0.4, 0.5) is 0 Å². The van der Waals surface area contributed by atoms with Crippen LogP contribution in [0.2, 0.25) is 0 Å². The lowest BCUT2D eigenvalue weighted by molar-refractivity contribution is 1.44. The maximum absolute atomic E-state index is 4.49. The average Bonchev–Trinajstić information content (AvgIpc) is 2.42. The SMILES string of the molecule is Sc1c(CBr)sc2cc(Br)ccc12. The molecule has 0 N–H and O–H groups in total. The van der Waals surface area contributed by atoms with E-state index in [4.69, 9.17) is 0 Å². The fourth-order valence-electron chi connectivity index (χ4n) is 1.20. The number of hydrogen-bond acceptors (Lipinski definition) is 2. The zero-order valence-electron chi connectivity index (χ0n) is 6.55. The standard InChI is InChI=1S/C9H6Br2S2/c10-4-8-9(12)6-2-1-5(11)3-7(6)13-8/h1-3,12H,4H2. The first-order valence-electron chi connectivity index (χ1n) is 3.68. The molecule has 0 radical (unpaired) electrons. The van der Waals surface area contributed by atoms with E-state index in [9.17, 15) is 0 Å². The molecule has 0 saturated heterocycles. The monoisotopic (exact) mass is 336 g/mol. The molecule has 0 fully saturated rings. The largest absolute Gasteiger partial charge is 0.142 e. The van der Waals surface area contributed by atoms with Crippen molar-refractivity contribution < 1.29 is 0 Å². The van der Waals surface area contributed by atoms with Gasteiger partial charge in [-0.05, 0) is 12.1 Å². The van der Waals surface area contributed by atoms with Crippen LogP contribution in [0.3, 0.4) is 0 Å². The van der Waals surface area contributed by atoms with Gasteiger partial charge in [0.25, 0.3) is 0 Å². The fourth-order valence-corrected chi connectivity index (χ4v) is 4.03. The molecule has 0 saturated carbocycles. The summed E-state index contributed by atoms with van der Waals surface area (Å²) in [5.74, 6) is 0. The third-order valence-corrected chi connectivity index (χ3v) is 5.06. The van der Waals surface area contributed by atoms with Gasteiger partial charge in [-0.3, -0.25) is 0 Å². The van der Waals surface area contributed by atoms with Crippen molar-refractivity contribution in [1.29, 1.82) is 0 Å². The molecule has 0 unspecified atom stereocenters. The maximum atomic E-state index is 4.49. The minimum absolute atomic E-state index is 0.878. The van der Waals surface area contributed by atoms with Crippen LogP contribution < -0.4 is 0 Å². The Hall–Kier alpha value is 0.490. The molecule has 13 heavy (non-hydrogen) atoms. The van der Waals surface area contributed by atoms with Gasteiger partial charge in [0.15, 0.2) is 0 Å². The van der Waals surface area contributed by atoms with Crippen LogP contribution in [0.1, 0.15) is 4.88 Å². The molecule has 0 amide bonds. The van der Waals surface area contributed by atoms with Crippen LogP contribution in [0.5, 0.6) is 0 Å². The first kappa shape index (κ1) is 10.0. The third-order valence-electron chi connectivity index (χ3n) is 1.82. The predicted molar refractivity (Wildman–Crippen MR) is 69.4 cm³/mol. The Labute approximate surface area is 103 Å². The number of fused-ring (bicyclic) bond motifs is 1. The Kier molecular flexibility index (Phi) is 3.03. The Morgan fingerprint density at radius 2 is 2.15 bits per heavy atom. The molecular weight excluding hydrogens is 332 g/mol. The lowest BCUT2D eigenvalue weighted by Crippen LogP contribution is -1.69. The van der Waals surface area contributed by atoms with E-state index in [0.29, 0.717) is 0 Å². The lowest BCUT2D eigenvalue weighted by atomic mass is 10.2. The smallest absolute Gasteiger partial charge is 0.0388 e. The molecule has 2 aromatic rings. The second-order valence-corrected chi connectivity index (χ2v) is 5.71. The van der Waals surface area contributed by atoms with E-state index in [2.05, 4.69) is 56.6 Å². The molecule has 0 bridgehead atoms. The van der Waals surface area contributed by atoms with Gasteiger partial charge in [-0.15, -0.1) is 24.0 Å². The molecule has 4 heteroatoms. The van der Waals surface area contributed by atoms with Crippen molar-refractivity contribution in [3.8, 4) is 0 Å². The molecule has 0 nitrogen and oxygen atoms in total. The zero-order valence-corrected chi connectivity index (χ0v) is 11.4. The van der Waals surface area contributed by atoms with Gasteiger partial charge in [0.2, 0.25) is 0 Å². The van der Waals surface area contributed by atoms with Crippen LogP contribution in [-0.2, 0) is 5.33 Å². The normalized spacial score (nSPS) is 11.0. The number of alkyl halides is 1. The van der Waals surface area contributed by atoms with Crippen molar-refractivity contribution in [3.05, 3.63) is 27.5 Å². The summed E-state index contributed by atoms with van der Waals surface area (Å²) in [6.07, 6.45) is 0. The first-order chi connectivity index (χ1) is 6.22. The van der Waals surface area contributed by atoms with Crippen LogP contribution in [0.15, 0.2) is 27.6 Å². The molecule has 1 aromatic heterocycles. The van der Waals surface area contributed by atoms with Gasteiger partial charge in [0, 0.05) is 29.7 Å². The highest BCUT2D eigenvalue weighted by Gasteiger charge is 2.07. The average molecular weight is 338 g/mol. The van der Waals surface area contributed by atoms with E-state index in [1.165, 1.54) is 15.0 Å². The molecule has 1 heterocycles. The van der Waals surface area contributed by atoms with E-state index in [1.54, 1.807) is 11.3 Å². The summed E-state index contributed by atoms with van der Waals surface area (Å²) in [6.45, 7) is 0. The second-order valence-electron chi connectivity index (χ2n) is 2.65. The van der Waals surface area contributed by atoms with Gasteiger partial charge in [-0.1, -0.05) is 37.9 Å². The predicted octanol–water partition coefficient (Wildman–Crippen LogP) is 4.85. The van der Waals surface area contributed by atoms with Crippen LogP contribution in [0.25, 0.3) is 10.1 Å². The number of benzene rings is 1. The summed E-state index contributed by atoms with van der Waals surface area (Å²) < 4.78 is 2.41. The molecular formula is C9H6Br2S2. The van der Waals surface area contributed by atoms with Crippen molar-refractivity contribution in [1.82, 2.24) is 0 Å². The number of rotatable bonds is 1. The van der Waals surface area contributed by atoms with E-state index >= 15 is 0 Å². The van der Waals surface area contributed by atoms with Gasteiger partial charge < -0.3 is 0 Å². The van der Waals surface area contributed by atoms with Gasteiger partial charge in [-0.2, -0.15) is 0 Å². The van der Waals surface area contributed by atoms with Gasteiger partial charge in [0.1, 0.15) is 0 Å². The van der Waals surface area contributed by atoms with Crippen molar-refractivity contribution in [2.45, 2.75) is 10.2 Å². The molecule has 0 spiro atoms. The van der Waals surface area contributed by atoms with Crippen LogP contribution >= 0.6 is 55.8 Å². The van der Waals surface area contributed by atoms with E-state index in [0.717, 1.165) is 14.7 Å². The molecule has 0 aliphatic rings. The Bertz CT molecular complexity index is 448. The topological polar surface area (TPSA) is 0 Å². The van der Waals surface area contributed by atoms with Gasteiger partial charge in [0.05, 0.1) is 0 Å². The second kappa shape index (κ2) is 3.93. The molecule has 0 aliphatic carbocycles. The van der Waals surface area contributed by atoms with E-state index in [-0.39, 0.29) is 0 Å². The van der Waals surface area contributed by atoms with Crippen LogP contribution in [-0.4, -0.2) is 0 Å². The highest BCUT2D eigenvalue weighted by atomic mass is 79.9. The molecule has 1 aromatic carbocycles. The number of halogens is 2. The quantitative estimate of drug-likeness (QED) is 0.558. The van der Waals surface area contributed by atoms with Crippen molar-refractivity contribution >= 4 is 65.9 Å². The Balaban J connectivity index is 2.76. The summed E-state index contributed by atoms with van der Waals surface area (Å²) in [6, 6.07) is 6.28. The van der Waals surface area contributed by atoms with Crippen molar-refractivity contribution in [3.63, 3.8) is 0 Å². The maximum Gasteiger partial charge on any atom is 0.0388 e. The Morgan fingerprint density at radius 3 is 2.85 bits per heavy atom. The lowest BCUT2D eigenvalue weighted by Gasteiger charge is -1.91. The van der Waals surface area contributed by atoms with Crippen LogP contribution in [0, 0.1) is 0 Å². The zero-order chi connectivity index (χ0) is 9.42. The number of thiophene rings is 1. The van der Waals surface area contributed by atoms with Gasteiger partial charge >= 0.3 is 0 Å². The molecule has 0 aliphatic heterocycles. The molecule has 0 atom stereocenters.